The highest BCUT2D eigenvalue weighted by Crippen LogP contribution is 2.49. The van der Waals surface area contributed by atoms with Crippen LogP contribution in [0.5, 0.6) is 0 Å². The first kappa shape index (κ1) is 19.1. The predicted molar refractivity (Wildman–Crippen MR) is 106 cm³/mol. The van der Waals surface area contributed by atoms with E-state index in [1.54, 1.807) is 0 Å². The van der Waals surface area contributed by atoms with Crippen LogP contribution in [0.25, 0.3) is 0 Å². The lowest BCUT2D eigenvalue weighted by molar-refractivity contribution is 0.397. The first-order valence-electron chi connectivity index (χ1n) is 8.28. The Morgan fingerprint density at radius 2 is 1.52 bits per heavy atom. The normalized spacial score (nSPS) is 40.7. The second-order valence-corrected chi connectivity index (χ2v) is 12.3. The molecule has 0 saturated carbocycles. The summed E-state index contributed by atoms with van der Waals surface area (Å²) in [5.41, 5.74) is 0.729. The van der Waals surface area contributed by atoms with E-state index in [9.17, 15) is 0 Å². The van der Waals surface area contributed by atoms with Gasteiger partial charge in [-0.05, 0) is 26.5 Å². The zero-order valence-electron chi connectivity index (χ0n) is 14.5. The highest BCUT2D eigenvalue weighted by Gasteiger charge is 2.47. The van der Waals surface area contributed by atoms with Gasteiger partial charge in [0.1, 0.15) is 15.3 Å². The lowest BCUT2D eigenvalue weighted by atomic mass is 9.99. The van der Waals surface area contributed by atoms with E-state index in [4.69, 9.17) is 14.2 Å². The third kappa shape index (κ3) is 5.90. The monoisotopic (exact) mass is 396 g/mol. The fourth-order valence-corrected chi connectivity index (χ4v) is 7.50. The molecule has 3 saturated heterocycles. The summed E-state index contributed by atoms with van der Waals surface area (Å²) in [6.45, 7) is 10.7. The molecule has 7 heteroatoms. The molecule has 3 rings (SSSR count). The minimum atomic E-state index is 0.0703. The first-order chi connectivity index (χ1) is 10.9. The van der Waals surface area contributed by atoms with Crippen LogP contribution in [0.1, 0.15) is 27.7 Å². The van der Waals surface area contributed by atoms with Crippen LogP contribution in [-0.4, -0.2) is 63.4 Å². The Bertz CT molecular complexity index is 390. The van der Waals surface area contributed by atoms with Gasteiger partial charge in [-0.15, -0.1) is 35.3 Å². The molecule has 134 valence electrons. The summed E-state index contributed by atoms with van der Waals surface area (Å²) < 4.78 is 16.8. The van der Waals surface area contributed by atoms with E-state index in [-0.39, 0.29) is 9.87 Å². The van der Waals surface area contributed by atoms with Gasteiger partial charge < -0.3 is 14.2 Å². The number of thioether (sulfide) groups is 4. The van der Waals surface area contributed by atoms with E-state index < -0.39 is 0 Å². The van der Waals surface area contributed by atoms with Gasteiger partial charge in [0, 0.05) is 28.4 Å². The molecule has 0 radical (unpaired) electrons. The molecule has 4 atom stereocenters. The van der Waals surface area contributed by atoms with Gasteiger partial charge in [0.2, 0.25) is 0 Å². The Labute approximate surface area is 157 Å². The van der Waals surface area contributed by atoms with Crippen LogP contribution >= 0.6 is 47.0 Å². The molecule has 23 heavy (non-hydrogen) atoms. The third-order valence-electron chi connectivity index (χ3n) is 4.29. The minimum absolute atomic E-state index is 0.0703. The topological polar surface area (TPSA) is 37.6 Å². The summed E-state index contributed by atoms with van der Waals surface area (Å²) in [4.78, 5) is 0.141. The van der Waals surface area contributed by atoms with E-state index in [0.29, 0.717) is 17.0 Å². The molecule has 0 N–H and O–H groups in total. The molecule has 3 fully saturated rings. The van der Waals surface area contributed by atoms with E-state index in [1.807, 2.05) is 35.3 Å². The molecule has 3 aliphatic rings. The number of hydrogen-bond donors (Lipinski definition) is 0. The maximum atomic E-state index is 5.63. The molecule has 4 unspecified atom stereocenters. The standard InChI is InChI=1S/C16H28O3S4/c1-5-20-8-16(9-21-13-12(2)19-13,10-22-14(3)6-17-14)11-23-15(4)7-18-15/h12-13H,5-11H2,1-4H3. The molecular weight excluding hydrogens is 368 g/mol. The van der Waals surface area contributed by atoms with E-state index in [2.05, 4.69) is 39.5 Å². The van der Waals surface area contributed by atoms with Crippen molar-refractivity contribution < 1.29 is 14.2 Å². The van der Waals surface area contributed by atoms with Gasteiger partial charge in [0.25, 0.3) is 0 Å². The van der Waals surface area contributed by atoms with Crippen molar-refractivity contribution >= 4 is 47.0 Å². The number of rotatable bonds is 12. The van der Waals surface area contributed by atoms with Crippen LogP contribution in [0.2, 0.25) is 0 Å². The SMILES string of the molecule is CCSCC(CSC1OC1C)(CSC1(C)CO1)CSC1(C)CO1. The molecule has 3 nitrogen and oxygen atoms in total. The highest BCUT2D eigenvalue weighted by atomic mass is 32.2. The second kappa shape index (κ2) is 7.49. The van der Waals surface area contributed by atoms with Crippen molar-refractivity contribution in [2.75, 3.05) is 42.0 Å². The van der Waals surface area contributed by atoms with Gasteiger partial charge in [-0.1, -0.05) is 6.92 Å². The molecule has 0 aromatic carbocycles. The van der Waals surface area contributed by atoms with Gasteiger partial charge in [-0.25, -0.2) is 0 Å². The summed E-state index contributed by atoms with van der Waals surface area (Å²) in [7, 11) is 0. The Kier molecular flexibility index (Phi) is 6.20. The Morgan fingerprint density at radius 3 is 1.91 bits per heavy atom. The molecule has 0 amide bonds. The zero-order valence-corrected chi connectivity index (χ0v) is 17.7. The van der Waals surface area contributed by atoms with Crippen LogP contribution < -0.4 is 0 Å². The maximum absolute atomic E-state index is 5.63. The average molecular weight is 397 g/mol. The smallest absolute Gasteiger partial charge is 0.134 e. The molecular formula is C16H28O3S4. The largest absolute Gasteiger partial charge is 0.358 e. The summed E-state index contributed by atoms with van der Waals surface area (Å²) in [6.07, 6.45) is 0.436. The van der Waals surface area contributed by atoms with Crippen LogP contribution in [-0.2, 0) is 14.2 Å². The lowest BCUT2D eigenvalue weighted by Crippen LogP contribution is -2.35. The predicted octanol–water partition coefficient (Wildman–Crippen LogP) is 4.16. The second-order valence-electron chi connectivity index (χ2n) is 7.08. The van der Waals surface area contributed by atoms with Crippen molar-refractivity contribution in [3.05, 3.63) is 0 Å². The lowest BCUT2D eigenvalue weighted by Gasteiger charge is -2.34. The molecule has 0 bridgehead atoms. The number of hydrogen-bond acceptors (Lipinski definition) is 7. The average Bonchev–Trinajstić information content (AvgIpc) is 3.44. The zero-order chi connectivity index (χ0) is 16.6. The van der Waals surface area contributed by atoms with Crippen LogP contribution in [0.4, 0.5) is 0 Å². The summed E-state index contributed by atoms with van der Waals surface area (Å²) in [6, 6.07) is 0. The van der Waals surface area contributed by atoms with Gasteiger partial charge in [0.05, 0.1) is 19.3 Å². The maximum Gasteiger partial charge on any atom is 0.134 e. The Hall–Kier alpha value is 1.28. The van der Waals surface area contributed by atoms with Crippen LogP contribution in [0.3, 0.4) is 0 Å². The van der Waals surface area contributed by atoms with E-state index >= 15 is 0 Å². The van der Waals surface area contributed by atoms with Crippen molar-refractivity contribution in [3.63, 3.8) is 0 Å². The quantitative estimate of drug-likeness (QED) is 0.458. The van der Waals surface area contributed by atoms with Gasteiger partial charge >= 0.3 is 0 Å². The fourth-order valence-electron chi connectivity index (χ4n) is 2.15. The molecule has 3 aliphatic heterocycles. The van der Waals surface area contributed by atoms with Crippen molar-refractivity contribution in [2.24, 2.45) is 5.41 Å². The minimum Gasteiger partial charge on any atom is -0.358 e. The van der Waals surface area contributed by atoms with Crippen molar-refractivity contribution in [3.8, 4) is 0 Å². The summed E-state index contributed by atoms with van der Waals surface area (Å²) in [5.74, 6) is 5.88. The Morgan fingerprint density at radius 1 is 1.00 bits per heavy atom. The van der Waals surface area contributed by atoms with Gasteiger partial charge in [-0.3, -0.25) is 0 Å². The fraction of sp³-hybridized carbons (Fsp3) is 1.00. The van der Waals surface area contributed by atoms with Gasteiger partial charge in [0.15, 0.2) is 0 Å². The van der Waals surface area contributed by atoms with Crippen molar-refractivity contribution in [2.45, 2.75) is 49.1 Å². The summed E-state index contributed by atoms with van der Waals surface area (Å²) >= 11 is 8.08. The van der Waals surface area contributed by atoms with E-state index in [0.717, 1.165) is 24.7 Å². The Balaban J connectivity index is 1.60. The first-order valence-corrected chi connectivity index (χ1v) is 12.5. The van der Waals surface area contributed by atoms with Crippen molar-refractivity contribution in [1.29, 1.82) is 0 Å². The molecule has 0 aromatic rings. The van der Waals surface area contributed by atoms with E-state index in [1.165, 1.54) is 17.3 Å². The molecule has 0 spiro atoms. The molecule has 0 aliphatic carbocycles. The molecule has 3 heterocycles. The highest BCUT2D eigenvalue weighted by molar-refractivity contribution is 8.03. The van der Waals surface area contributed by atoms with Crippen LogP contribution in [0.15, 0.2) is 0 Å². The van der Waals surface area contributed by atoms with Crippen molar-refractivity contribution in [1.82, 2.24) is 0 Å². The third-order valence-corrected chi connectivity index (χ3v) is 10.3. The summed E-state index contributed by atoms with van der Waals surface area (Å²) in [5, 5.41) is 0. The van der Waals surface area contributed by atoms with Crippen LogP contribution in [0, 0.1) is 5.41 Å². The number of epoxide rings is 3. The number of ether oxygens (including phenoxy) is 3. The van der Waals surface area contributed by atoms with Gasteiger partial charge in [-0.2, -0.15) is 11.8 Å². The molecule has 0 aromatic heterocycles.